The monoisotopic (exact) mass is 511 g/mol. The first-order valence-electron chi connectivity index (χ1n) is 12.4. The van der Waals surface area contributed by atoms with Crippen LogP contribution in [0.25, 0.3) is 11.2 Å². The summed E-state index contributed by atoms with van der Waals surface area (Å²) in [7, 11) is 1.59. The fourth-order valence-electron chi connectivity index (χ4n) is 4.98. The van der Waals surface area contributed by atoms with Crippen molar-refractivity contribution in [1.29, 1.82) is 0 Å². The molecule has 0 saturated carbocycles. The van der Waals surface area contributed by atoms with Gasteiger partial charge in [0.25, 0.3) is 5.56 Å². The van der Waals surface area contributed by atoms with E-state index < -0.39 is 17.1 Å². The van der Waals surface area contributed by atoms with Gasteiger partial charge in [0.05, 0.1) is 6.54 Å². The molecule has 1 unspecified atom stereocenters. The number of aromatic nitrogens is 4. The van der Waals surface area contributed by atoms with Gasteiger partial charge in [0.2, 0.25) is 5.95 Å². The molecule has 6 rings (SSSR count). The van der Waals surface area contributed by atoms with Gasteiger partial charge in [-0.2, -0.15) is 4.98 Å². The lowest BCUT2D eigenvalue weighted by molar-refractivity contribution is 0.457. The molecule has 3 aromatic carbocycles. The predicted octanol–water partition coefficient (Wildman–Crippen LogP) is 4.66. The van der Waals surface area contributed by atoms with Crippen molar-refractivity contribution in [2.24, 2.45) is 13.0 Å². The van der Waals surface area contributed by atoms with Crippen LogP contribution in [0.4, 0.5) is 16.0 Å². The highest BCUT2D eigenvalue weighted by atomic mass is 19.1. The Kier molecular flexibility index (Phi) is 5.83. The molecule has 1 aliphatic rings. The van der Waals surface area contributed by atoms with Crippen LogP contribution in [0.15, 0.2) is 88.5 Å². The van der Waals surface area contributed by atoms with Gasteiger partial charge in [-0.3, -0.25) is 13.9 Å². The minimum atomic E-state index is -0.539. The van der Waals surface area contributed by atoms with Crippen molar-refractivity contribution in [3.8, 4) is 11.5 Å². The molecule has 0 bridgehead atoms. The van der Waals surface area contributed by atoms with Crippen LogP contribution >= 0.6 is 0 Å². The lowest BCUT2D eigenvalue weighted by atomic mass is 10.1. The van der Waals surface area contributed by atoms with Crippen LogP contribution in [-0.2, 0) is 20.1 Å². The number of halogens is 1. The number of para-hydroxylation sites is 1. The second kappa shape index (κ2) is 9.33. The molecule has 0 spiro atoms. The number of imidazole rings is 1. The van der Waals surface area contributed by atoms with Crippen molar-refractivity contribution < 1.29 is 9.13 Å². The third-order valence-electron chi connectivity index (χ3n) is 6.86. The van der Waals surface area contributed by atoms with E-state index in [2.05, 4.69) is 6.92 Å². The van der Waals surface area contributed by atoms with Gasteiger partial charge in [-0.05, 0) is 48.4 Å². The van der Waals surface area contributed by atoms with Crippen LogP contribution in [0.5, 0.6) is 11.5 Å². The maximum atomic E-state index is 14.3. The second-order valence-corrected chi connectivity index (χ2v) is 9.64. The molecule has 1 aliphatic heterocycles. The summed E-state index contributed by atoms with van der Waals surface area (Å²) in [6, 6.07) is 23.4. The minimum Gasteiger partial charge on any atom is -0.457 e. The highest BCUT2D eigenvalue weighted by Gasteiger charge is 2.30. The maximum Gasteiger partial charge on any atom is 0.332 e. The van der Waals surface area contributed by atoms with E-state index in [-0.39, 0.29) is 18.0 Å². The second-order valence-electron chi connectivity index (χ2n) is 9.64. The molecule has 5 aromatic rings. The van der Waals surface area contributed by atoms with E-state index in [9.17, 15) is 14.0 Å². The molecular formula is C29H26FN5O3. The summed E-state index contributed by atoms with van der Waals surface area (Å²) < 4.78 is 24.6. The van der Waals surface area contributed by atoms with Crippen molar-refractivity contribution in [3.05, 3.63) is 111 Å². The third kappa shape index (κ3) is 4.06. The normalized spacial score (nSPS) is 15.0. The summed E-state index contributed by atoms with van der Waals surface area (Å²) in [6.45, 7) is 3.22. The maximum absolute atomic E-state index is 14.3. The van der Waals surface area contributed by atoms with Gasteiger partial charge < -0.3 is 14.2 Å². The predicted molar refractivity (Wildman–Crippen MR) is 144 cm³/mol. The smallest absolute Gasteiger partial charge is 0.332 e. The quantitative estimate of drug-likeness (QED) is 0.343. The number of anilines is 2. The van der Waals surface area contributed by atoms with Crippen LogP contribution in [-0.4, -0.2) is 25.2 Å². The minimum absolute atomic E-state index is 0.156. The number of ether oxygens (including phenoxy) is 1. The number of aryl methyl sites for hydroxylation is 1. The average Bonchev–Trinajstić information content (AvgIpc) is 3.31. The standard InChI is InChI=1S/C29H26FN5O3/c1-19-16-33(21-12-14-23(15-13-21)38-22-9-4-3-5-10-22)28-31-26-25(34(28)17-19)27(36)35(29(37)32(26)2)18-20-8-6-7-11-24(20)30/h3-15,19H,16-18H2,1-2H3. The number of benzene rings is 3. The van der Waals surface area contributed by atoms with E-state index in [1.165, 1.54) is 10.6 Å². The molecule has 8 nitrogen and oxygen atoms in total. The molecule has 0 amide bonds. The zero-order valence-electron chi connectivity index (χ0n) is 21.0. The van der Waals surface area contributed by atoms with Gasteiger partial charge in [0.1, 0.15) is 17.3 Å². The van der Waals surface area contributed by atoms with Gasteiger partial charge in [-0.1, -0.05) is 43.3 Å². The average molecular weight is 512 g/mol. The number of rotatable bonds is 5. The Morgan fingerprint density at radius 3 is 2.34 bits per heavy atom. The Hall–Kier alpha value is -4.66. The van der Waals surface area contributed by atoms with Crippen LogP contribution in [0.2, 0.25) is 0 Å². The fourth-order valence-corrected chi connectivity index (χ4v) is 4.98. The highest BCUT2D eigenvalue weighted by molar-refractivity contribution is 5.77. The van der Waals surface area contributed by atoms with E-state index in [1.807, 2.05) is 64.1 Å². The zero-order valence-corrected chi connectivity index (χ0v) is 21.0. The van der Waals surface area contributed by atoms with Crippen LogP contribution in [0.1, 0.15) is 12.5 Å². The SMILES string of the molecule is CC1CN(c2ccc(Oc3ccccc3)cc2)c2nc3c(c(=O)n(Cc4ccccc4F)c(=O)n3C)n2C1. The zero-order chi connectivity index (χ0) is 26.4. The van der Waals surface area contributed by atoms with Crippen LogP contribution < -0.4 is 20.9 Å². The van der Waals surface area contributed by atoms with E-state index >= 15 is 0 Å². The van der Waals surface area contributed by atoms with Crippen molar-refractivity contribution in [1.82, 2.24) is 18.7 Å². The Morgan fingerprint density at radius 1 is 0.921 bits per heavy atom. The summed E-state index contributed by atoms with van der Waals surface area (Å²) in [5.74, 6) is 1.79. The molecule has 3 heterocycles. The molecule has 9 heteroatoms. The molecular weight excluding hydrogens is 485 g/mol. The lowest BCUT2D eigenvalue weighted by Crippen LogP contribution is -2.40. The Bertz CT molecular complexity index is 1760. The third-order valence-corrected chi connectivity index (χ3v) is 6.86. The first-order valence-corrected chi connectivity index (χ1v) is 12.4. The summed E-state index contributed by atoms with van der Waals surface area (Å²) in [5.41, 5.74) is 0.790. The van der Waals surface area contributed by atoms with E-state index in [0.29, 0.717) is 36.0 Å². The molecule has 0 N–H and O–H groups in total. The largest absolute Gasteiger partial charge is 0.457 e. The number of hydrogen-bond donors (Lipinski definition) is 0. The highest BCUT2D eigenvalue weighted by Crippen LogP contribution is 2.34. The molecule has 2 aromatic heterocycles. The summed E-state index contributed by atoms with van der Waals surface area (Å²) in [4.78, 5) is 33.6. The molecule has 0 radical (unpaired) electrons. The number of nitrogens with zero attached hydrogens (tertiary/aromatic N) is 5. The topological polar surface area (TPSA) is 74.3 Å². The fraction of sp³-hybridized carbons (Fsp3) is 0.207. The van der Waals surface area contributed by atoms with Crippen molar-refractivity contribution >= 4 is 22.8 Å². The molecule has 1 atom stereocenters. The first kappa shape index (κ1) is 23.7. The summed E-state index contributed by atoms with van der Waals surface area (Å²) >= 11 is 0. The van der Waals surface area contributed by atoms with Gasteiger partial charge in [0, 0.05) is 31.4 Å². The molecule has 0 aliphatic carbocycles. The molecule has 38 heavy (non-hydrogen) atoms. The Balaban J connectivity index is 1.42. The van der Waals surface area contributed by atoms with E-state index in [0.717, 1.165) is 16.0 Å². The number of hydrogen-bond acceptors (Lipinski definition) is 5. The Labute approximate surface area is 217 Å². The van der Waals surface area contributed by atoms with Gasteiger partial charge in [-0.15, -0.1) is 0 Å². The van der Waals surface area contributed by atoms with Gasteiger partial charge in [-0.25, -0.2) is 9.18 Å². The van der Waals surface area contributed by atoms with Crippen LogP contribution in [0, 0.1) is 11.7 Å². The van der Waals surface area contributed by atoms with Gasteiger partial charge >= 0.3 is 5.69 Å². The molecule has 0 saturated heterocycles. The molecule has 0 fully saturated rings. The summed E-state index contributed by atoms with van der Waals surface area (Å²) in [6.07, 6.45) is 0. The lowest BCUT2D eigenvalue weighted by Gasteiger charge is -2.33. The van der Waals surface area contributed by atoms with E-state index in [4.69, 9.17) is 9.72 Å². The van der Waals surface area contributed by atoms with Gasteiger partial charge in [0.15, 0.2) is 11.2 Å². The van der Waals surface area contributed by atoms with E-state index in [1.54, 1.807) is 25.2 Å². The molecule has 192 valence electrons. The number of fused-ring (bicyclic) bond motifs is 3. The van der Waals surface area contributed by atoms with Crippen molar-refractivity contribution in [2.75, 3.05) is 11.4 Å². The Morgan fingerprint density at radius 2 is 1.61 bits per heavy atom. The first-order chi connectivity index (χ1) is 18.4. The summed E-state index contributed by atoms with van der Waals surface area (Å²) in [5, 5.41) is 0. The van der Waals surface area contributed by atoms with Crippen molar-refractivity contribution in [3.63, 3.8) is 0 Å². The van der Waals surface area contributed by atoms with Crippen LogP contribution in [0.3, 0.4) is 0 Å². The van der Waals surface area contributed by atoms with Crippen molar-refractivity contribution in [2.45, 2.75) is 20.0 Å².